The molecule has 0 saturated heterocycles. The molecule has 0 aliphatic heterocycles. The molecule has 2 aromatic rings. The van der Waals surface area contributed by atoms with Gasteiger partial charge in [-0.15, -0.1) is 11.3 Å². The maximum atomic E-state index is 12.3. The summed E-state index contributed by atoms with van der Waals surface area (Å²) in [5.74, 6) is -1.21. The monoisotopic (exact) mass is 344 g/mol. The van der Waals surface area contributed by atoms with Gasteiger partial charge in [0.1, 0.15) is 10.5 Å². The highest BCUT2D eigenvalue weighted by atomic mass is 32.1. The fraction of sp³-hybridized carbons (Fsp3) is 0.389. The molecular formula is C18H20N2O3S. The predicted octanol–water partition coefficient (Wildman–Crippen LogP) is 3.26. The number of rotatable bonds is 5. The molecule has 24 heavy (non-hydrogen) atoms. The molecule has 1 aromatic carbocycles. The number of aromatic nitrogens is 1. The second-order valence-electron chi connectivity index (χ2n) is 6.18. The number of hydrogen-bond acceptors (Lipinski definition) is 4. The number of thiazole rings is 1. The second kappa shape index (κ2) is 7.13. The van der Waals surface area contributed by atoms with Crippen LogP contribution in [0.2, 0.25) is 0 Å². The Morgan fingerprint density at radius 1 is 1.17 bits per heavy atom. The van der Waals surface area contributed by atoms with Gasteiger partial charge in [-0.1, -0.05) is 49.6 Å². The van der Waals surface area contributed by atoms with E-state index < -0.39 is 11.5 Å². The van der Waals surface area contributed by atoms with Crippen LogP contribution in [-0.2, 0) is 16.0 Å². The van der Waals surface area contributed by atoms with E-state index in [1.54, 1.807) is 0 Å². The zero-order valence-corrected chi connectivity index (χ0v) is 14.1. The summed E-state index contributed by atoms with van der Waals surface area (Å²) in [5, 5.41) is 15.0. The molecule has 3 rings (SSSR count). The maximum absolute atomic E-state index is 12.3. The van der Waals surface area contributed by atoms with Gasteiger partial charge in [0.25, 0.3) is 0 Å². The zero-order valence-electron chi connectivity index (χ0n) is 13.3. The van der Waals surface area contributed by atoms with Gasteiger partial charge in [-0.05, 0) is 12.8 Å². The van der Waals surface area contributed by atoms with Gasteiger partial charge in [-0.25, -0.2) is 9.78 Å². The van der Waals surface area contributed by atoms with Crippen molar-refractivity contribution < 1.29 is 14.7 Å². The fourth-order valence-corrected chi connectivity index (χ4v) is 3.95. The van der Waals surface area contributed by atoms with E-state index in [4.69, 9.17) is 0 Å². The summed E-state index contributed by atoms with van der Waals surface area (Å²) in [7, 11) is 0. The van der Waals surface area contributed by atoms with Crippen LogP contribution in [0.3, 0.4) is 0 Å². The minimum Gasteiger partial charge on any atom is -0.480 e. The number of hydrogen-bond donors (Lipinski definition) is 2. The molecule has 0 spiro atoms. The molecule has 5 nitrogen and oxygen atoms in total. The standard InChI is InChI=1S/C18H20N2O3S/c21-15(20-18(17(22)23)9-5-2-6-10-18)11-14-12-24-16(19-14)13-7-3-1-4-8-13/h1,3-4,7-8,12H,2,5-6,9-11H2,(H,20,21)(H,22,23). The summed E-state index contributed by atoms with van der Waals surface area (Å²) in [4.78, 5) is 28.4. The third-order valence-electron chi connectivity index (χ3n) is 4.41. The Hall–Kier alpha value is -2.21. The summed E-state index contributed by atoms with van der Waals surface area (Å²) in [6.07, 6.45) is 3.81. The number of carbonyl (C=O) groups is 2. The van der Waals surface area contributed by atoms with Crippen molar-refractivity contribution in [1.29, 1.82) is 0 Å². The SMILES string of the molecule is O=C(Cc1csc(-c2ccccc2)n1)NC1(C(=O)O)CCCCC1. The van der Waals surface area contributed by atoms with Crippen LogP contribution in [0, 0.1) is 0 Å². The van der Waals surface area contributed by atoms with Crippen molar-refractivity contribution in [1.82, 2.24) is 10.3 Å². The average molecular weight is 344 g/mol. The molecule has 1 amide bonds. The van der Waals surface area contributed by atoms with Gasteiger partial charge in [-0.2, -0.15) is 0 Å². The van der Waals surface area contributed by atoms with Crippen LogP contribution in [0.25, 0.3) is 10.6 Å². The number of carboxylic acids is 1. The Balaban J connectivity index is 1.67. The van der Waals surface area contributed by atoms with Crippen LogP contribution in [0.5, 0.6) is 0 Å². The van der Waals surface area contributed by atoms with Gasteiger partial charge in [0.2, 0.25) is 5.91 Å². The summed E-state index contributed by atoms with van der Waals surface area (Å²) < 4.78 is 0. The highest BCUT2D eigenvalue weighted by Gasteiger charge is 2.40. The average Bonchev–Trinajstić information content (AvgIpc) is 3.04. The van der Waals surface area contributed by atoms with E-state index in [9.17, 15) is 14.7 Å². The van der Waals surface area contributed by atoms with Gasteiger partial charge >= 0.3 is 5.97 Å². The van der Waals surface area contributed by atoms with Crippen LogP contribution in [0.15, 0.2) is 35.7 Å². The van der Waals surface area contributed by atoms with Crippen LogP contribution >= 0.6 is 11.3 Å². The third-order valence-corrected chi connectivity index (χ3v) is 5.35. The first kappa shape index (κ1) is 16.6. The van der Waals surface area contributed by atoms with E-state index in [1.165, 1.54) is 11.3 Å². The van der Waals surface area contributed by atoms with Crippen molar-refractivity contribution in [2.75, 3.05) is 0 Å². The minimum atomic E-state index is -1.10. The van der Waals surface area contributed by atoms with E-state index in [0.717, 1.165) is 29.8 Å². The Bertz CT molecular complexity index is 721. The fourth-order valence-electron chi connectivity index (χ4n) is 3.12. The van der Waals surface area contributed by atoms with Crippen molar-refractivity contribution >= 4 is 23.2 Å². The Labute approximate surface area is 144 Å². The van der Waals surface area contributed by atoms with Gasteiger partial charge in [0, 0.05) is 10.9 Å². The van der Waals surface area contributed by atoms with Crippen LogP contribution in [0.1, 0.15) is 37.8 Å². The molecule has 0 radical (unpaired) electrons. The minimum absolute atomic E-state index is 0.109. The van der Waals surface area contributed by atoms with E-state index >= 15 is 0 Å². The van der Waals surface area contributed by atoms with Crippen LogP contribution in [-0.4, -0.2) is 27.5 Å². The van der Waals surface area contributed by atoms with Crippen molar-refractivity contribution in [3.05, 3.63) is 41.4 Å². The van der Waals surface area contributed by atoms with Crippen molar-refractivity contribution in [3.8, 4) is 10.6 Å². The molecule has 0 unspecified atom stereocenters. The van der Waals surface area contributed by atoms with Crippen molar-refractivity contribution in [3.63, 3.8) is 0 Å². The highest BCUT2D eigenvalue weighted by molar-refractivity contribution is 7.13. The van der Waals surface area contributed by atoms with Crippen molar-refractivity contribution in [2.24, 2.45) is 0 Å². The number of carbonyl (C=O) groups excluding carboxylic acids is 1. The molecule has 1 saturated carbocycles. The molecule has 1 fully saturated rings. The van der Waals surface area contributed by atoms with Crippen LogP contribution < -0.4 is 5.32 Å². The molecule has 1 aliphatic carbocycles. The van der Waals surface area contributed by atoms with Gasteiger partial charge in [-0.3, -0.25) is 4.79 Å². The number of benzene rings is 1. The lowest BCUT2D eigenvalue weighted by molar-refractivity contribution is -0.149. The Kier molecular flexibility index (Phi) is 4.94. The summed E-state index contributed by atoms with van der Waals surface area (Å²) in [6, 6.07) is 9.79. The van der Waals surface area contributed by atoms with E-state index in [0.29, 0.717) is 18.5 Å². The first-order valence-electron chi connectivity index (χ1n) is 8.13. The van der Waals surface area contributed by atoms with Gasteiger partial charge < -0.3 is 10.4 Å². The molecular weight excluding hydrogens is 324 g/mol. The molecule has 6 heteroatoms. The van der Waals surface area contributed by atoms with Crippen molar-refractivity contribution in [2.45, 2.75) is 44.1 Å². The number of carboxylic acid groups (broad SMARTS) is 1. The summed E-state index contributed by atoms with van der Waals surface area (Å²) in [5.41, 5.74) is 0.587. The van der Waals surface area contributed by atoms with Gasteiger partial charge in [0.15, 0.2) is 0 Å². The largest absolute Gasteiger partial charge is 0.480 e. The lowest BCUT2D eigenvalue weighted by atomic mass is 9.81. The Morgan fingerprint density at radius 2 is 1.88 bits per heavy atom. The number of aliphatic carboxylic acids is 1. The lowest BCUT2D eigenvalue weighted by Gasteiger charge is -2.33. The molecule has 0 atom stereocenters. The zero-order chi connectivity index (χ0) is 17.0. The highest BCUT2D eigenvalue weighted by Crippen LogP contribution is 2.29. The normalized spacial score (nSPS) is 16.5. The van der Waals surface area contributed by atoms with Crippen LogP contribution in [0.4, 0.5) is 0 Å². The molecule has 1 aliphatic rings. The number of nitrogens with one attached hydrogen (secondary N) is 1. The molecule has 2 N–H and O–H groups in total. The quantitative estimate of drug-likeness (QED) is 0.872. The molecule has 126 valence electrons. The first-order chi connectivity index (χ1) is 11.6. The molecule has 0 bridgehead atoms. The lowest BCUT2D eigenvalue weighted by Crippen LogP contribution is -2.56. The molecule has 1 aromatic heterocycles. The predicted molar refractivity (Wildman–Crippen MR) is 92.8 cm³/mol. The molecule has 1 heterocycles. The third kappa shape index (κ3) is 3.64. The smallest absolute Gasteiger partial charge is 0.329 e. The van der Waals surface area contributed by atoms with Gasteiger partial charge in [0.05, 0.1) is 12.1 Å². The number of nitrogens with zero attached hydrogens (tertiary/aromatic N) is 1. The number of amides is 1. The van der Waals surface area contributed by atoms with E-state index in [2.05, 4.69) is 10.3 Å². The summed E-state index contributed by atoms with van der Waals surface area (Å²) >= 11 is 1.49. The Morgan fingerprint density at radius 3 is 2.54 bits per heavy atom. The second-order valence-corrected chi connectivity index (χ2v) is 7.04. The summed E-state index contributed by atoms with van der Waals surface area (Å²) in [6.45, 7) is 0. The maximum Gasteiger partial charge on any atom is 0.329 e. The topological polar surface area (TPSA) is 79.3 Å². The van der Waals surface area contributed by atoms with E-state index in [1.807, 2.05) is 35.7 Å². The first-order valence-corrected chi connectivity index (χ1v) is 9.01. The van der Waals surface area contributed by atoms with E-state index in [-0.39, 0.29) is 12.3 Å².